The lowest BCUT2D eigenvalue weighted by atomic mass is 9.99. The Kier molecular flexibility index (Phi) is 7.00. The summed E-state index contributed by atoms with van der Waals surface area (Å²) < 4.78 is 7.59. The number of aromatic nitrogens is 1. The number of carbonyl (C=O) groups is 2. The number of carbonyl (C=O) groups excluding carboxylic acids is 2. The second-order valence-electron chi connectivity index (χ2n) is 8.43. The maximum Gasteiger partial charge on any atom is 0.242 e. The molecule has 2 aromatic rings. The maximum absolute atomic E-state index is 12.8. The monoisotopic (exact) mass is 429 g/mol. The van der Waals surface area contributed by atoms with Crippen LogP contribution in [0.15, 0.2) is 35.4 Å². The number of likely N-dealkylation sites (tertiary alicyclic amines) is 1. The van der Waals surface area contributed by atoms with Crippen molar-refractivity contribution in [1.29, 1.82) is 0 Å². The zero-order valence-electron chi connectivity index (χ0n) is 17.6. The number of benzene rings is 1. The van der Waals surface area contributed by atoms with Crippen molar-refractivity contribution in [3.05, 3.63) is 30.5 Å². The second kappa shape index (κ2) is 9.88. The van der Waals surface area contributed by atoms with Crippen LogP contribution in [0.4, 0.5) is 0 Å². The predicted molar refractivity (Wildman–Crippen MR) is 120 cm³/mol. The largest absolute Gasteiger partial charge is 0.376 e. The van der Waals surface area contributed by atoms with E-state index in [0.29, 0.717) is 24.8 Å². The number of nitrogens with one attached hydrogen (secondary N) is 1. The standard InChI is InChI=1S/C23H31N3O3S/c1-17-8-10-25(11-9-17)23(28)15-26-14-21(19-6-2-3-7-20(19)26)30-16-22(27)24-13-18-5-4-12-29-18/h2-3,6-7,14,17-18H,4-5,8-13,15-16H2,1H3,(H,24,27)/t18-/m0/s1. The fraction of sp³-hybridized carbons (Fsp3) is 0.565. The number of amides is 2. The van der Waals surface area contributed by atoms with Crippen molar-refractivity contribution in [2.75, 3.05) is 32.0 Å². The van der Waals surface area contributed by atoms with Crippen LogP contribution in [0.1, 0.15) is 32.6 Å². The molecule has 1 N–H and O–H groups in total. The quantitative estimate of drug-likeness (QED) is 0.686. The van der Waals surface area contributed by atoms with E-state index in [1.54, 1.807) is 0 Å². The minimum absolute atomic E-state index is 0.0193. The van der Waals surface area contributed by atoms with Gasteiger partial charge in [0.1, 0.15) is 6.54 Å². The van der Waals surface area contributed by atoms with Crippen LogP contribution in [0.5, 0.6) is 0 Å². The van der Waals surface area contributed by atoms with Crippen molar-refractivity contribution in [2.24, 2.45) is 5.92 Å². The van der Waals surface area contributed by atoms with Gasteiger partial charge in [-0.15, -0.1) is 11.8 Å². The molecule has 0 aliphatic carbocycles. The summed E-state index contributed by atoms with van der Waals surface area (Å²) in [7, 11) is 0. The van der Waals surface area contributed by atoms with Crippen LogP contribution >= 0.6 is 11.8 Å². The normalized spacial score (nSPS) is 20.0. The van der Waals surface area contributed by atoms with Crippen molar-refractivity contribution < 1.29 is 14.3 Å². The second-order valence-corrected chi connectivity index (χ2v) is 9.45. The molecule has 0 bridgehead atoms. The predicted octanol–water partition coefficient (Wildman–Crippen LogP) is 3.29. The van der Waals surface area contributed by atoms with Gasteiger partial charge >= 0.3 is 0 Å². The molecule has 1 aromatic carbocycles. The molecular formula is C23H31N3O3S. The van der Waals surface area contributed by atoms with E-state index in [-0.39, 0.29) is 17.9 Å². The molecule has 162 valence electrons. The smallest absolute Gasteiger partial charge is 0.242 e. The van der Waals surface area contributed by atoms with Crippen molar-refractivity contribution in [3.63, 3.8) is 0 Å². The van der Waals surface area contributed by atoms with Crippen LogP contribution in [-0.4, -0.2) is 59.4 Å². The fourth-order valence-electron chi connectivity index (χ4n) is 4.19. The summed E-state index contributed by atoms with van der Waals surface area (Å²) in [5.41, 5.74) is 1.04. The number of piperidine rings is 1. The molecule has 6 nitrogen and oxygen atoms in total. The molecule has 0 unspecified atom stereocenters. The van der Waals surface area contributed by atoms with Crippen LogP contribution in [0, 0.1) is 5.92 Å². The fourth-order valence-corrected chi connectivity index (χ4v) is 5.11. The van der Waals surface area contributed by atoms with Gasteiger partial charge in [-0.25, -0.2) is 0 Å². The van der Waals surface area contributed by atoms with Gasteiger partial charge in [-0.1, -0.05) is 25.1 Å². The van der Waals surface area contributed by atoms with E-state index >= 15 is 0 Å². The molecule has 30 heavy (non-hydrogen) atoms. The van der Waals surface area contributed by atoms with Gasteiger partial charge in [0.2, 0.25) is 11.8 Å². The van der Waals surface area contributed by atoms with Crippen LogP contribution < -0.4 is 5.32 Å². The first-order chi connectivity index (χ1) is 14.6. The molecule has 3 heterocycles. The highest BCUT2D eigenvalue weighted by molar-refractivity contribution is 8.00. The number of para-hydroxylation sites is 1. The first-order valence-corrected chi connectivity index (χ1v) is 12.0. The summed E-state index contributed by atoms with van der Waals surface area (Å²) >= 11 is 1.53. The lowest BCUT2D eigenvalue weighted by Crippen LogP contribution is -2.39. The number of hydrogen-bond acceptors (Lipinski definition) is 4. The number of ether oxygens (including phenoxy) is 1. The average Bonchev–Trinajstić information content (AvgIpc) is 3.40. The third kappa shape index (κ3) is 5.19. The van der Waals surface area contributed by atoms with Crippen molar-refractivity contribution in [1.82, 2.24) is 14.8 Å². The van der Waals surface area contributed by atoms with E-state index in [4.69, 9.17) is 4.74 Å². The molecule has 4 rings (SSSR count). The van der Waals surface area contributed by atoms with Gasteiger partial charge in [0.25, 0.3) is 0 Å². The number of fused-ring (bicyclic) bond motifs is 1. The SMILES string of the molecule is CC1CCN(C(=O)Cn2cc(SCC(=O)NC[C@@H]3CCCO3)c3ccccc32)CC1. The molecule has 0 saturated carbocycles. The summed E-state index contributed by atoms with van der Waals surface area (Å²) in [6.07, 6.45) is 6.44. The van der Waals surface area contributed by atoms with Gasteiger partial charge in [0.05, 0.1) is 11.9 Å². The zero-order valence-corrected chi connectivity index (χ0v) is 18.5. The third-order valence-electron chi connectivity index (χ3n) is 6.10. The van der Waals surface area contributed by atoms with E-state index < -0.39 is 0 Å². The highest BCUT2D eigenvalue weighted by Crippen LogP contribution is 2.30. The summed E-state index contributed by atoms with van der Waals surface area (Å²) in [5.74, 6) is 1.26. The number of rotatable bonds is 7. The van der Waals surface area contributed by atoms with Gasteiger partial charge in [-0.05, 0) is 37.7 Å². The Balaban J connectivity index is 1.38. The first-order valence-electron chi connectivity index (χ1n) is 11.0. The Labute approximate surface area is 182 Å². The summed E-state index contributed by atoms with van der Waals surface area (Å²) in [6.45, 7) is 5.69. The topological polar surface area (TPSA) is 63.6 Å². The molecule has 2 aliphatic heterocycles. The molecule has 2 aliphatic rings. The minimum Gasteiger partial charge on any atom is -0.376 e. The van der Waals surface area contributed by atoms with E-state index in [1.165, 1.54) is 11.8 Å². The highest BCUT2D eigenvalue weighted by Gasteiger charge is 2.22. The van der Waals surface area contributed by atoms with Crippen LogP contribution in [0.3, 0.4) is 0 Å². The molecule has 1 atom stereocenters. The molecule has 0 spiro atoms. The Morgan fingerprint density at radius 3 is 2.77 bits per heavy atom. The number of thioether (sulfide) groups is 1. The number of nitrogens with zero attached hydrogens (tertiary/aromatic N) is 2. The van der Waals surface area contributed by atoms with Gasteiger partial charge in [0, 0.05) is 48.2 Å². The Bertz CT molecular complexity index is 883. The number of hydrogen-bond donors (Lipinski definition) is 1. The summed E-state index contributed by atoms with van der Waals surface area (Å²) in [6, 6.07) is 8.10. The average molecular weight is 430 g/mol. The molecule has 2 fully saturated rings. The minimum atomic E-state index is 0.0193. The lowest BCUT2D eigenvalue weighted by Gasteiger charge is -2.30. The third-order valence-corrected chi connectivity index (χ3v) is 7.15. The summed E-state index contributed by atoms with van der Waals surface area (Å²) in [4.78, 5) is 28.1. The van der Waals surface area contributed by atoms with Gasteiger partial charge in [0.15, 0.2) is 0 Å². The van der Waals surface area contributed by atoms with Crippen LogP contribution in [0.25, 0.3) is 10.9 Å². The molecule has 0 radical (unpaired) electrons. The van der Waals surface area contributed by atoms with E-state index in [2.05, 4.69) is 18.3 Å². The maximum atomic E-state index is 12.8. The van der Waals surface area contributed by atoms with Gasteiger partial charge in [-0.3, -0.25) is 9.59 Å². The van der Waals surface area contributed by atoms with Crippen LogP contribution in [0.2, 0.25) is 0 Å². The Morgan fingerprint density at radius 2 is 2.00 bits per heavy atom. The molecular weight excluding hydrogens is 398 g/mol. The van der Waals surface area contributed by atoms with Crippen molar-refractivity contribution in [2.45, 2.75) is 50.2 Å². The molecule has 1 aromatic heterocycles. The van der Waals surface area contributed by atoms with E-state index in [0.717, 1.165) is 61.2 Å². The summed E-state index contributed by atoms with van der Waals surface area (Å²) in [5, 5.41) is 4.07. The Hall–Kier alpha value is -1.99. The van der Waals surface area contributed by atoms with Gasteiger partial charge < -0.3 is 19.5 Å². The highest BCUT2D eigenvalue weighted by atomic mass is 32.2. The Morgan fingerprint density at radius 1 is 1.20 bits per heavy atom. The van der Waals surface area contributed by atoms with E-state index in [1.807, 2.05) is 33.9 Å². The lowest BCUT2D eigenvalue weighted by molar-refractivity contribution is -0.133. The first kappa shape index (κ1) is 21.2. The van der Waals surface area contributed by atoms with Crippen molar-refractivity contribution >= 4 is 34.5 Å². The molecule has 2 saturated heterocycles. The van der Waals surface area contributed by atoms with Gasteiger partial charge in [-0.2, -0.15) is 0 Å². The zero-order chi connectivity index (χ0) is 20.9. The molecule has 7 heteroatoms. The van der Waals surface area contributed by atoms with Crippen molar-refractivity contribution in [3.8, 4) is 0 Å². The van der Waals surface area contributed by atoms with E-state index in [9.17, 15) is 9.59 Å². The van der Waals surface area contributed by atoms with Crippen LogP contribution in [-0.2, 0) is 20.9 Å². The molecule has 2 amide bonds.